The number of nitrogens with zero attached hydrogens (tertiary/aromatic N) is 1. The summed E-state index contributed by atoms with van der Waals surface area (Å²) in [5, 5.41) is 8.75. The van der Waals surface area contributed by atoms with E-state index in [0.29, 0.717) is 12.1 Å². The van der Waals surface area contributed by atoms with Crippen LogP contribution in [0.4, 0.5) is 10.1 Å². The molecule has 190 valence electrons. The molecule has 1 saturated heterocycles. The predicted molar refractivity (Wildman–Crippen MR) is 131 cm³/mol. The summed E-state index contributed by atoms with van der Waals surface area (Å²) in [7, 11) is -3.71. The Hall–Kier alpha value is -2.89. The van der Waals surface area contributed by atoms with Crippen LogP contribution in [0, 0.1) is 11.7 Å². The van der Waals surface area contributed by atoms with E-state index < -0.39 is 39.2 Å². The summed E-state index contributed by atoms with van der Waals surface area (Å²) in [5.41, 5.74) is -0.227. The summed E-state index contributed by atoms with van der Waals surface area (Å²) in [6.45, 7) is 6.92. The van der Waals surface area contributed by atoms with Crippen LogP contribution in [0.2, 0.25) is 0 Å². The molecule has 2 heterocycles. The maximum Gasteiger partial charge on any atom is 0.270 e. The zero-order chi connectivity index (χ0) is 25.6. The summed E-state index contributed by atoms with van der Waals surface area (Å²) in [6.07, 6.45) is 3.13. The van der Waals surface area contributed by atoms with Crippen molar-refractivity contribution in [1.82, 2.24) is 20.3 Å². The molecule has 1 fully saturated rings. The molecule has 2 aromatic rings. The topological polar surface area (TPSA) is 129 Å². The maximum atomic E-state index is 13.2. The predicted octanol–water partition coefficient (Wildman–Crippen LogP) is 2.42. The minimum Gasteiger partial charge on any atom is -0.339 e. The van der Waals surface area contributed by atoms with Gasteiger partial charge in [-0.05, 0) is 95.4 Å². The Morgan fingerprint density at radius 3 is 2.34 bits per heavy atom. The fraction of sp³-hybridized carbons (Fsp3) is 0.458. The molecule has 4 N–H and O–H groups in total. The third-order valence-electron chi connectivity index (χ3n) is 5.48. The number of piperidine rings is 1. The summed E-state index contributed by atoms with van der Waals surface area (Å²) in [4.78, 5) is 29.7. The van der Waals surface area contributed by atoms with Crippen LogP contribution in [0.15, 0.2) is 47.5 Å². The average Bonchev–Trinajstić information content (AvgIpc) is 2.78. The van der Waals surface area contributed by atoms with Crippen LogP contribution < -0.4 is 20.7 Å². The molecule has 1 aromatic heterocycles. The molecule has 2 amide bonds. The van der Waals surface area contributed by atoms with Crippen molar-refractivity contribution in [2.45, 2.75) is 56.5 Å². The van der Waals surface area contributed by atoms with Crippen molar-refractivity contribution < 1.29 is 22.4 Å². The molecule has 0 saturated carbocycles. The Kier molecular flexibility index (Phi) is 8.57. The van der Waals surface area contributed by atoms with Gasteiger partial charge in [-0.1, -0.05) is 0 Å². The van der Waals surface area contributed by atoms with E-state index in [1.807, 2.05) is 0 Å². The highest BCUT2D eigenvalue weighted by atomic mass is 32.2. The fourth-order valence-corrected chi connectivity index (χ4v) is 5.25. The van der Waals surface area contributed by atoms with Gasteiger partial charge in [-0.25, -0.2) is 22.5 Å². The van der Waals surface area contributed by atoms with Crippen LogP contribution in [0.1, 0.15) is 50.5 Å². The number of aromatic nitrogens is 1. The number of pyridine rings is 1. The second-order valence-corrected chi connectivity index (χ2v) is 11.4. The van der Waals surface area contributed by atoms with Crippen LogP contribution in [0.25, 0.3) is 0 Å². The molecule has 3 rings (SSSR count). The smallest absolute Gasteiger partial charge is 0.270 e. The van der Waals surface area contributed by atoms with Gasteiger partial charge >= 0.3 is 0 Å². The molecule has 1 aliphatic heterocycles. The van der Waals surface area contributed by atoms with Crippen molar-refractivity contribution in [3.8, 4) is 0 Å². The first-order chi connectivity index (χ1) is 16.4. The highest BCUT2D eigenvalue weighted by Crippen LogP contribution is 2.20. The number of carbonyl (C=O) groups excluding carboxylic acids is 2. The lowest BCUT2D eigenvalue weighted by atomic mass is 9.90. The lowest BCUT2D eigenvalue weighted by Crippen LogP contribution is -2.46. The molecule has 1 atom stereocenters. The number of amides is 2. The van der Waals surface area contributed by atoms with E-state index in [1.165, 1.54) is 30.3 Å². The Morgan fingerprint density at radius 2 is 1.77 bits per heavy atom. The summed E-state index contributed by atoms with van der Waals surface area (Å²) < 4.78 is 40.8. The molecule has 0 unspecified atom stereocenters. The molecule has 35 heavy (non-hydrogen) atoms. The Labute approximate surface area is 205 Å². The first kappa shape index (κ1) is 26.7. The molecule has 11 heteroatoms. The van der Waals surface area contributed by atoms with Gasteiger partial charge in [-0.15, -0.1) is 0 Å². The molecule has 0 spiro atoms. The number of hydrogen-bond acceptors (Lipinski definition) is 6. The van der Waals surface area contributed by atoms with Crippen LogP contribution in [0.5, 0.6) is 0 Å². The van der Waals surface area contributed by atoms with E-state index >= 15 is 0 Å². The number of halogens is 1. The minimum atomic E-state index is -3.71. The first-order valence-corrected chi connectivity index (χ1v) is 13.0. The normalized spacial score (nSPS) is 15.9. The van der Waals surface area contributed by atoms with E-state index in [-0.39, 0.29) is 16.5 Å². The summed E-state index contributed by atoms with van der Waals surface area (Å²) >= 11 is 0. The van der Waals surface area contributed by atoms with Crippen molar-refractivity contribution in [3.05, 3.63) is 54.1 Å². The molecule has 0 aliphatic carbocycles. The van der Waals surface area contributed by atoms with Crippen molar-refractivity contribution in [3.63, 3.8) is 0 Å². The highest BCUT2D eigenvalue weighted by molar-refractivity contribution is 7.89. The zero-order valence-electron chi connectivity index (χ0n) is 20.1. The standard InChI is InChI=1S/C24H32FN5O4S/c1-24(2,3)30-35(33,34)19-7-5-18(6-8-19)28-23(32)21(14-16-10-12-26-13-11-16)29-22(31)20-9-4-17(25)15-27-20/h4-9,15-16,21,26,30H,10-14H2,1-3H3,(H,28,32)(H,29,31)/t21-/m0/s1. The van der Waals surface area contributed by atoms with Crippen molar-refractivity contribution in [1.29, 1.82) is 0 Å². The largest absolute Gasteiger partial charge is 0.339 e. The average molecular weight is 506 g/mol. The third kappa shape index (κ3) is 8.08. The second-order valence-electron chi connectivity index (χ2n) is 9.69. The Bertz CT molecular complexity index is 1130. The quantitative estimate of drug-likeness (QED) is 0.436. The SMILES string of the molecule is CC(C)(C)NS(=O)(=O)c1ccc(NC(=O)[C@H](CC2CCNCC2)NC(=O)c2ccc(F)cn2)cc1. The van der Waals surface area contributed by atoms with Gasteiger partial charge in [-0.2, -0.15) is 0 Å². The molecule has 0 radical (unpaired) electrons. The van der Waals surface area contributed by atoms with E-state index in [0.717, 1.165) is 38.2 Å². The molecular weight excluding hydrogens is 473 g/mol. The lowest BCUT2D eigenvalue weighted by molar-refractivity contribution is -0.118. The van der Waals surface area contributed by atoms with Crippen LogP contribution >= 0.6 is 0 Å². The van der Waals surface area contributed by atoms with Gasteiger partial charge in [0.2, 0.25) is 15.9 Å². The Morgan fingerprint density at radius 1 is 1.11 bits per heavy atom. The summed E-state index contributed by atoms with van der Waals surface area (Å²) in [6, 6.07) is 7.37. The highest BCUT2D eigenvalue weighted by Gasteiger charge is 2.27. The number of rotatable bonds is 8. The Balaban J connectivity index is 1.72. The number of carbonyl (C=O) groups is 2. The second kappa shape index (κ2) is 11.2. The molecular formula is C24H32FN5O4S. The van der Waals surface area contributed by atoms with Crippen molar-refractivity contribution in [2.24, 2.45) is 5.92 Å². The minimum absolute atomic E-state index is 0.00965. The van der Waals surface area contributed by atoms with Gasteiger partial charge in [0.05, 0.1) is 11.1 Å². The fourth-order valence-electron chi connectivity index (χ4n) is 3.83. The molecule has 1 aliphatic rings. The van der Waals surface area contributed by atoms with Gasteiger partial charge in [0.1, 0.15) is 17.6 Å². The van der Waals surface area contributed by atoms with Crippen LogP contribution in [0.3, 0.4) is 0 Å². The van der Waals surface area contributed by atoms with E-state index in [2.05, 4.69) is 25.7 Å². The number of hydrogen-bond donors (Lipinski definition) is 4. The van der Waals surface area contributed by atoms with Gasteiger partial charge in [-0.3, -0.25) is 9.59 Å². The third-order valence-corrected chi connectivity index (χ3v) is 7.26. The van der Waals surface area contributed by atoms with Crippen molar-refractivity contribution >= 4 is 27.5 Å². The van der Waals surface area contributed by atoms with Gasteiger partial charge in [0.25, 0.3) is 5.91 Å². The zero-order valence-corrected chi connectivity index (χ0v) is 20.9. The van der Waals surface area contributed by atoms with Crippen molar-refractivity contribution in [2.75, 3.05) is 18.4 Å². The van der Waals surface area contributed by atoms with Gasteiger partial charge < -0.3 is 16.0 Å². The van der Waals surface area contributed by atoms with Crippen LogP contribution in [-0.4, -0.2) is 49.9 Å². The number of nitrogens with one attached hydrogen (secondary N) is 4. The molecule has 1 aromatic carbocycles. The summed E-state index contributed by atoms with van der Waals surface area (Å²) in [5.74, 6) is -1.32. The van der Waals surface area contributed by atoms with E-state index in [9.17, 15) is 22.4 Å². The first-order valence-electron chi connectivity index (χ1n) is 11.5. The lowest BCUT2D eigenvalue weighted by Gasteiger charge is -2.27. The van der Waals surface area contributed by atoms with Gasteiger partial charge in [0.15, 0.2) is 0 Å². The maximum absolute atomic E-state index is 13.2. The van der Waals surface area contributed by atoms with Crippen LogP contribution in [-0.2, 0) is 14.8 Å². The monoisotopic (exact) mass is 505 g/mol. The molecule has 9 nitrogen and oxygen atoms in total. The van der Waals surface area contributed by atoms with E-state index in [1.54, 1.807) is 20.8 Å². The van der Waals surface area contributed by atoms with E-state index in [4.69, 9.17) is 0 Å². The van der Waals surface area contributed by atoms with Gasteiger partial charge in [0, 0.05) is 11.2 Å². The molecule has 0 bridgehead atoms. The number of anilines is 1. The number of benzene rings is 1. The number of sulfonamides is 1.